The average molecular weight is 844 g/mol. The van der Waals surface area contributed by atoms with Gasteiger partial charge in [-0.05, 0) is 77.0 Å². The number of hydrogen-bond donors (Lipinski definition) is 2. The molecule has 0 bridgehead atoms. The minimum absolute atomic E-state index is 0.0416. The van der Waals surface area contributed by atoms with E-state index in [1.165, 1.54) is 51.4 Å². The summed E-state index contributed by atoms with van der Waals surface area (Å²) in [5.41, 5.74) is 5.34. The van der Waals surface area contributed by atoms with Gasteiger partial charge in [0.1, 0.15) is 6.61 Å². The summed E-state index contributed by atoms with van der Waals surface area (Å²) in [7, 11) is -4.39. The number of phosphoric acid groups is 1. The molecule has 59 heavy (non-hydrogen) atoms. The Morgan fingerprint density at radius 1 is 0.525 bits per heavy atom. The highest BCUT2D eigenvalue weighted by Gasteiger charge is 2.26. The Balaban J connectivity index is 4.21. The summed E-state index contributed by atoms with van der Waals surface area (Å²) in [6.45, 7) is 3.54. The van der Waals surface area contributed by atoms with E-state index in [0.717, 1.165) is 83.5 Å². The predicted molar refractivity (Wildman–Crippen MR) is 247 cm³/mol. The van der Waals surface area contributed by atoms with Crippen molar-refractivity contribution in [2.24, 2.45) is 5.73 Å². The Bertz CT molecular complexity index is 1280. The topological polar surface area (TPSA) is 134 Å². The van der Waals surface area contributed by atoms with E-state index < -0.39 is 32.5 Å². The van der Waals surface area contributed by atoms with Crippen LogP contribution in [-0.2, 0) is 32.7 Å². The Hall–Kier alpha value is -3.07. The highest BCUT2D eigenvalue weighted by atomic mass is 31.2. The van der Waals surface area contributed by atoms with E-state index in [1.807, 2.05) is 0 Å². The lowest BCUT2D eigenvalue weighted by Crippen LogP contribution is -2.29. The van der Waals surface area contributed by atoms with Crippen LogP contribution in [0, 0.1) is 0 Å². The first-order valence-corrected chi connectivity index (χ1v) is 24.2. The van der Waals surface area contributed by atoms with E-state index in [4.69, 9.17) is 24.3 Å². The maximum atomic E-state index is 12.6. The molecular weight excluding hydrogens is 762 g/mol. The molecule has 0 aromatic rings. The second kappa shape index (κ2) is 44.5. The number of carbonyl (C=O) groups excluding carboxylic acids is 2. The Morgan fingerprint density at radius 2 is 0.932 bits per heavy atom. The smallest absolute Gasteiger partial charge is 0.462 e. The average Bonchev–Trinajstić information content (AvgIpc) is 3.22. The number of carbonyl (C=O) groups is 2. The van der Waals surface area contributed by atoms with Crippen LogP contribution < -0.4 is 5.73 Å². The van der Waals surface area contributed by atoms with Gasteiger partial charge in [0.2, 0.25) is 0 Å². The number of ether oxygens (including phenoxy) is 2. The van der Waals surface area contributed by atoms with Gasteiger partial charge in [-0.15, -0.1) is 0 Å². The fourth-order valence-electron chi connectivity index (χ4n) is 5.65. The molecule has 3 N–H and O–H groups in total. The molecule has 9 nitrogen and oxygen atoms in total. The first kappa shape index (κ1) is 55.9. The van der Waals surface area contributed by atoms with E-state index in [-0.39, 0.29) is 32.6 Å². The summed E-state index contributed by atoms with van der Waals surface area (Å²) in [4.78, 5) is 34.8. The van der Waals surface area contributed by atoms with Crippen LogP contribution in [0.2, 0.25) is 0 Å². The molecule has 0 spiro atoms. The lowest BCUT2D eigenvalue weighted by atomic mass is 10.1. The summed E-state index contributed by atoms with van der Waals surface area (Å²) in [5, 5.41) is 0. The molecule has 0 aromatic heterocycles. The predicted octanol–water partition coefficient (Wildman–Crippen LogP) is 13.4. The maximum Gasteiger partial charge on any atom is 0.472 e. The summed E-state index contributed by atoms with van der Waals surface area (Å²) in [6, 6.07) is 0. The molecule has 0 aliphatic heterocycles. The monoisotopic (exact) mass is 844 g/mol. The molecule has 2 atom stereocenters. The third-order valence-corrected chi connectivity index (χ3v) is 9.97. The number of nitrogens with two attached hydrogens (primary N) is 1. The number of hydrogen-bond acceptors (Lipinski definition) is 8. The van der Waals surface area contributed by atoms with Gasteiger partial charge in [-0.1, -0.05) is 175 Å². The van der Waals surface area contributed by atoms with E-state index in [1.54, 1.807) is 0 Å². The summed E-state index contributed by atoms with van der Waals surface area (Å²) >= 11 is 0. The highest BCUT2D eigenvalue weighted by Crippen LogP contribution is 2.43. The molecular formula is C49H82NO8P. The molecule has 2 unspecified atom stereocenters. The van der Waals surface area contributed by atoms with Crippen LogP contribution in [-0.4, -0.2) is 49.3 Å². The van der Waals surface area contributed by atoms with Gasteiger partial charge in [0.05, 0.1) is 13.2 Å². The molecule has 0 radical (unpaired) electrons. The fraction of sp³-hybridized carbons (Fsp3) is 0.633. The van der Waals surface area contributed by atoms with Gasteiger partial charge >= 0.3 is 19.8 Å². The van der Waals surface area contributed by atoms with Gasteiger partial charge in [0.15, 0.2) is 6.10 Å². The summed E-state index contributed by atoms with van der Waals surface area (Å²) < 4.78 is 32.7. The lowest BCUT2D eigenvalue weighted by molar-refractivity contribution is -0.161. The molecule has 0 saturated carbocycles. The molecule has 0 fully saturated rings. The number of phosphoric ester groups is 1. The van der Waals surface area contributed by atoms with Crippen molar-refractivity contribution < 1.29 is 37.6 Å². The number of esters is 2. The Kier molecular flexibility index (Phi) is 42.2. The second-order valence-electron chi connectivity index (χ2n) is 14.5. The summed E-state index contributed by atoms with van der Waals surface area (Å²) in [6.07, 6.45) is 57.3. The van der Waals surface area contributed by atoms with Crippen LogP contribution >= 0.6 is 7.82 Å². The molecule has 10 heteroatoms. The zero-order valence-electron chi connectivity index (χ0n) is 36.9. The van der Waals surface area contributed by atoms with Gasteiger partial charge in [0.25, 0.3) is 0 Å². The molecule has 0 saturated heterocycles. The van der Waals surface area contributed by atoms with Crippen molar-refractivity contribution in [3.63, 3.8) is 0 Å². The van der Waals surface area contributed by atoms with Gasteiger partial charge in [-0.2, -0.15) is 0 Å². The standard InChI is InChI=1S/C49H82NO8P/c1-3-5-7-9-11-13-15-16-17-18-19-20-21-22-23-24-25-26-27-28-29-30-32-34-36-38-40-42-49(52)58-47(46-57-59(53,54)56-44-43-50)45-55-48(51)41-39-37-35-33-31-14-12-10-8-6-4-2/h5,7,11,13,16-17,19-20,22-23,25-26,28-29,32,34,47H,3-4,6,8-10,12,14-15,18,21,24,27,30-31,33,35-46,50H2,1-2H3,(H,53,54)/b7-5-,13-11-,17-16-,20-19-,23-22-,26-25-,29-28-,34-32-. The molecule has 0 aliphatic rings. The summed E-state index contributed by atoms with van der Waals surface area (Å²) in [5.74, 6) is -0.888. The first-order chi connectivity index (χ1) is 28.8. The molecule has 0 aromatic carbocycles. The van der Waals surface area contributed by atoms with Gasteiger partial charge in [-0.25, -0.2) is 4.57 Å². The van der Waals surface area contributed by atoms with E-state index >= 15 is 0 Å². The van der Waals surface area contributed by atoms with Crippen molar-refractivity contribution in [3.8, 4) is 0 Å². The molecule has 0 aliphatic carbocycles. The third-order valence-electron chi connectivity index (χ3n) is 8.98. The zero-order chi connectivity index (χ0) is 43.2. The van der Waals surface area contributed by atoms with Gasteiger partial charge < -0.3 is 20.1 Å². The van der Waals surface area contributed by atoms with Crippen molar-refractivity contribution in [1.82, 2.24) is 0 Å². The van der Waals surface area contributed by atoms with Crippen molar-refractivity contribution >= 4 is 19.8 Å². The molecule has 0 heterocycles. The highest BCUT2D eigenvalue weighted by molar-refractivity contribution is 7.47. The number of unbranched alkanes of at least 4 members (excludes halogenated alkanes) is 12. The van der Waals surface area contributed by atoms with Gasteiger partial charge in [-0.3, -0.25) is 18.6 Å². The minimum atomic E-state index is -4.39. The molecule has 336 valence electrons. The van der Waals surface area contributed by atoms with Crippen LogP contribution in [0.3, 0.4) is 0 Å². The SMILES string of the molecule is CC/C=C\C/C=C\C/C=C\C/C=C\C/C=C\C/C=C\C/C=C\C/C=C\CCCCC(=O)OC(COC(=O)CCCCCCCCCCCCC)COP(=O)(O)OCCN. The number of allylic oxidation sites excluding steroid dienone is 16. The normalized spacial score (nSPS) is 14.2. The van der Waals surface area contributed by atoms with Crippen molar-refractivity contribution in [2.75, 3.05) is 26.4 Å². The third kappa shape index (κ3) is 44.3. The largest absolute Gasteiger partial charge is 0.472 e. The second-order valence-corrected chi connectivity index (χ2v) is 16.0. The minimum Gasteiger partial charge on any atom is -0.462 e. The van der Waals surface area contributed by atoms with E-state index in [0.29, 0.717) is 6.42 Å². The van der Waals surface area contributed by atoms with Crippen LogP contribution in [0.1, 0.15) is 168 Å². The van der Waals surface area contributed by atoms with Crippen LogP contribution in [0.15, 0.2) is 97.2 Å². The first-order valence-electron chi connectivity index (χ1n) is 22.7. The van der Waals surface area contributed by atoms with Gasteiger partial charge in [0, 0.05) is 19.4 Å². The molecule has 0 rings (SSSR count). The molecule has 0 amide bonds. The Morgan fingerprint density at radius 3 is 1.39 bits per heavy atom. The van der Waals surface area contributed by atoms with Crippen molar-refractivity contribution in [3.05, 3.63) is 97.2 Å². The van der Waals surface area contributed by atoms with Crippen LogP contribution in [0.5, 0.6) is 0 Å². The lowest BCUT2D eigenvalue weighted by Gasteiger charge is -2.19. The fourth-order valence-corrected chi connectivity index (χ4v) is 6.41. The Labute approximate surface area is 359 Å². The van der Waals surface area contributed by atoms with Crippen LogP contribution in [0.4, 0.5) is 0 Å². The van der Waals surface area contributed by atoms with Crippen molar-refractivity contribution in [2.45, 2.75) is 174 Å². The quantitative estimate of drug-likeness (QED) is 0.0267. The maximum absolute atomic E-state index is 12.6. The zero-order valence-corrected chi connectivity index (χ0v) is 37.8. The van der Waals surface area contributed by atoms with Crippen molar-refractivity contribution in [1.29, 1.82) is 0 Å². The van der Waals surface area contributed by atoms with Crippen LogP contribution in [0.25, 0.3) is 0 Å². The number of rotatable bonds is 41. The van der Waals surface area contributed by atoms with E-state index in [2.05, 4.69) is 111 Å². The van der Waals surface area contributed by atoms with E-state index in [9.17, 15) is 19.0 Å².